The van der Waals surface area contributed by atoms with Crippen molar-refractivity contribution in [2.45, 2.75) is 20.3 Å². The van der Waals surface area contributed by atoms with Crippen LogP contribution in [0.2, 0.25) is 0 Å². The summed E-state index contributed by atoms with van der Waals surface area (Å²) in [4.78, 5) is 5.17. The van der Waals surface area contributed by atoms with Gasteiger partial charge in [-0.2, -0.15) is 5.10 Å². The molecule has 0 aromatic carbocycles. The average molecular weight is 236 g/mol. The molecule has 0 amide bonds. The third-order valence-corrected chi connectivity index (χ3v) is 3.25. The predicted molar refractivity (Wildman–Crippen MR) is 67.3 cm³/mol. The minimum Gasteiger partial charge on any atom is -0.384 e. The number of aryl methyl sites for hydroxylation is 1. The van der Waals surface area contributed by atoms with Gasteiger partial charge in [0.2, 0.25) is 0 Å². The Morgan fingerprint density at radius 2 is 2.25 bits per heavy atom. The maximum atomic E-state index is 6.04. The first-order chi connectivity index (χ1) is 7.59. The highest BCUT2D eigenvalue weighted by Crippen LogP contribution is 2.30. The van der Waals surface area contributed by atoms with Crippen molar-refractivity contribution in [3.63, 3.8) is 0 Å². The first-order valence-corrected chi connectivity index (χ1v) is 6.17. The molecule has 0 spiro atoms. The summed E-state index contributed by atoms with van der Waals surface area (Å²) in [6, 6.07) is 0. The molecule has 0 aliphatic heterocycles. The number of aromatic nitrogens is 3. The molecule has 86 valence electrons. The number of anilines is 1. The maximum absolute atomic E-state index is 6.04. The van der Waals surface area contributed by atoms with Crippen LogP contribution >= 0.6 is 11.3 Å². The number of nitrogens with zero attached hydrogens (tertiary/aromatic N) is 3. The molecule has 0 aliphatic rings. The fourth-order valence-corrected chi connectivity index (χ4v) is 2.35. The quantitative estimate of drug-likeness (QED) is 0.889. The van der Waals surface area contributed by atoms with Gasteiger partial charge in [-0.25, -0.2) is 0 Å². The van der Waals surface area contributed by atoms with E-state index in [1.54, 1.807) is 16.0 Å². The zero-order valence-corrected chi connectivity index (χ0v) is 10.6. The second kappa shape index (κ2) is 4.25. The summed E-state index contributed by atoms with van der Waals surface area (Å²) in [5.41, 5.74) is 9.98. The van der Waals surface area contributed by atoms with Crippen molar-refractivity contribution < 1.29 is 0 Å². The van der Waals surface area contributed by atoms with Crippen LogP contribution in [0, 0.1) is 5.92 Å². The van der Waals surface area contributed by atoms with E-state index >= 15 is 0 Å². The third-order valence-electron chi connectivity index (χ3n) is 2.47. The van der Waals surface area contributed by atoms with Crippen LogP contribution in [-0.4, -0.2) is 14.8 Å². The average Bonchev–Trinajstić information content (AvgIpc) is 2.81. The number of hydrogen-bond acceptors (Lipinski definition) is 4. The molecule has 2 aromatic rings. The van der Waals surface area contributed by atoms with Crippen molar-refractivity contribution >= 4 is 17.2 Å². The van der Waals surface area contributed by atoms with Crippen LogP contribution in [0.3, 0.4) is 0 Å². The maximum Gasteiger partial charge on any atom is 0.125 e. The van der Waals surface area contributed by atoms with Crippen LogP contribution in [0.4, 0.5) is 5.82 Å². The van der Waals surface area contributed by atoms with Gasteiger partial charge < -0.3 is 5.73 Å². The number of nitrogen functional groups attached to an aromatic ring is 1. The van der Waals surface area contributed by atoms with Crippen LogP contribution in [0.15, 0.2) is 11.7 Å². The number of hydrogen-bond donors (Lipinski definition) is 1. The summed E-state index contributed by atoms with van der Waals surface area (Å²) in [7, 11) is 1.88. The summed E-state index contributed by atoms with van der Waals surface area (Å²) in [5, 5.41) is 4.47. The first kappa shape index (κ1) is 11.1. The van der Waals surface area contributed by atoms with Crippen LogP contribution in [-0.2, 0) is 13.5 Å². The molecule has 2 aromatic heterocycles. The van der Waals surface area contributed by atoms with Crippen LogP contribution < -0.4 is 5.73 Å². The molecular weight excluding hydrogens is 220 g/mol. The molecule has 16 heavy (non-hydrogen) atoms. The van der Waals surface area contributed by atoms with Gasteiger partial charge in [0.15, 0.2) is 0 Å². The molecule has 0 bridgehead atoms. The Morgan fingerprint density at radius 1 is 1.50 bits per heavy atom. The summed E-state index contributed by atoms with van der Waals surface area (Å²) >= 11 is 1.60. The fourth-order valence-electron chi connectivity index (χ4n) is 1.72. The normalized spacial score (nSPS) is 11.2. The molecule has 2 rings (SSSR count). The predicted octanol–water partition coefficient (Wildman–Crippen LogP) is 2.32. The lowest BCUT2D eigenvalue weighted by molar-refractivity contribution is 0.649. The van der Waals surface area contributed by atoms with Gasteiger partial charge in [-0.15, -0.1) is 11.3 Å². The van der Waals surface area contributed by atoms with Gasteiger partial charge in [0, 0.05) is 18.8 Å². The Bertz CT molecular complexity index is 470. The highest BCUT2D eigenvalue weighted by atomic mass is 32.1. The Morgan fingerprint density at radius 3 is 2.81 bits per heavy atom. The van der Waals surface area contributed by atoms with E-state index < -0.39 is 0 Å². The highest BCUT2D eigenvalue weighted by molar-refractivity contribution is 7.13. The Balaban J connectivity index is 2.48. The molecule has 5 heteroatoms. The van der Waals surface area contributed by atoms with E-state index in [1.165, 1.54) is 0 Å². The fraction of sp³-hybridized carbons (Fsp3) is 0.455. The second-order valence-electron chi connectivity index (χ2n) is 4.30. The number of nitrogens with two attached hydrogens (primary N) is 1. The van der Waals surface area contributed by atoms with Crippen molar-refractivity contribution in [1.29, 1.82) is 0 Å². The summed E-state index contributed by atoms with van der Waals surface area (Å²) < 4.78 is 1.74. The lowest BCUT2D eigenvalue weighted by Gasteiger charge is -2.05. The minimum absolute atomic E-state index is 0.568. The van der Waals surface area contributed by atoms with Crippen LogP contribution in [0.25, 0.3) is 10.6 Å². The van der Waals surface area contributed by atoms with Crippen molar-refractivity contribution in [2.75, 3.05) is 5.73 Å². The second-order valence-corrected chi connectivity index (χ2v) is 5.19. The Labute approximate surface area is 99.1 Å². The lowest BCUT2D eigenvalue weighted by atomic mass is 10.0. The zero-order chi connectivity index (χ0) is 11.7. The third kappa shape index (κ3) is 1.95. The molecule has 0 fully saturated rings. The van der Waals surface area contributed by atoms with E-state index in [9.17, 15) is 0 Å². The molecule has 4 nitrogen and oxygen atoms in total. The van der Waals surface area contributed by atoms with Crippen molar-refractivity contribution in [3.8, 4) is 10.6 Å². The van der Waals surface area contributed by atoms with Gasteiger partial charge in [-0.3, -0.25) is 9.67 Å². The van der Waals surface area contributed by atoms with Gasteiger partial charge in [-0.1, -0.05) is 13.8 Å². The van der Waals surface area contributed by atoms with E-state index in [1.807, 2.05) is 18.8 Å². The molecular formula is C11H16N4S. The van der Waals surface area contributed by atoms with E-state index in [-0.39, 0.29) is 0 Å². The Kier molecular flexibility index (Phi) is 2.96. The molecule has 2 heterocycles. The molecule has 0 saturated heterocycles. The van der Waals surface area contributed by atoms with Gasteiger partial charge in [0.05, 0.1) is 10.4 Å². The van der Waals surface area contributed by atoms with Crippen LogP contribution in [0.5, 0.6) is 0 Å². The monoisotopic (exact) mass is 236 g/mol. The standard InChI is InChI=1S/C11H16N4S/c1-7(2)4-8-10(9-5-13-6-16-9)14-15(3)11(8)12/h5-7H,4,12H2,1-3H3. The molecule has 0 atom stereocenters. The molecule has 0 unspecified atom stereocenters. The van der Waals surface area contributed by atoms with Crippen molar-refractivity contribution in [2.24, 2.45) is 13.0 Å². The van der Waals surface area contributed by atoms with Gasteiger partial charge in [0.25, 0.3) is 0 Å². The SMILES string of the molecule is CC(C)Cc1c(-c2cncs2)nn(C)c1N. The van der Waals surface area contributed by atoms with Crippen molar-refractivity contribution in [3.05, 3.63) is 17.3 Å². The molecule has 0 saturated carbocycles. The number of thiazole rings is 1. The summed E-state index contributed by atoms with van der Waals surface area (Å²) in [6.45, 7) is 4.37. The zero-order valence-electron chi connectivity index (χ0n) is 9.77. The highest BCUT2D eigenvalue weighted by Gasteiger charge is 2.17. The smallest absolute Gasteiger partial charge is 0.125 e. The van der Waals surface area contributed by atoms with E-state index in [2.05, 4.69) is 23.9 Å². The largest absolute Gasteiger partial charge is 0.384 e. The minimum atomic E-state index is 0.568. The first-order valence-electron chi connectivity index (χ1n) is 5.29. The molecule has 0 radical (unpaired) electrons. The lowest BCUT2D eigenvalue weighted by Crippen LogP contribution is -2.01. The molecule has 0 aliphatic carbocycles. The summed E-state index contributed by atoms with van der Waals surface area (Å²) in [6.07, 6.45) is 2.79. The van der Waals surface area contributed by atoms with Gasteiger partial charge in [-0.05, 0) is 12.3 Å². The van der Waals surface area contributed by atoms with E-state index in [0.717, 1.165) is 28.4 Å². The number of rotatable bonds is 3. The Hall–Kier alpha value is -1.36. The van der Waals surface area contributed by atoms with E-state index in [0.29, 0.717) is 5.92 Å². The van der Waals surface area contributed by atoms with Crippen LogP contribution in [0.1, 0.15) is 19.4 Å². The van der Waals surface area contributed by atoms with Crippen molar-refractivity contribution in [1.82, 2.24) is 14.8 Å². The van der Waals surface area contributed by atoms with Gasteiger partial charge >= 0.3 is 0 Å². The topological polar surface area (TPSA) is 56.7 Å². The van der Waals surface area contributed by atoms with Gasteiger partial charge in [0.1, 0.15) is 11.5 Å². The summed E-state index contributed by atoms with van der Waals surface area (Å²) in [5.74, 6) is 1.33. The van der Waals surface area contributed by atoms with E-state index in [4.69, 9.17) is 5.73 Å². The molecule has 2 N–H and O–H groups in total.